The molecule has 2 heterocycles. The predicted molar refractivity (Wildman–Crippen MR) is 121 cm³/mol. The number of hydrogen-bond donors (Lipinski definition) is 1. The van der Waals surface area contributed by atoms with Crippen molar-refractivity contribution in [3.05, 3.63) is 91.5 Å². The van der Waals surface area contributed by atoms with Gasteiger partial charge in [-0.25, -0.2) is 9.67 Å². The second-order valence-electron chi connectivity index (χ2n) is 6.79. The maximum absolute atomic E-state index is 12.8. The molecule has 4 rings (SSSR count). The normalized spacial score (nSPS) is 11.1. The number of nitrogens with zero attached hydrogens (tertiary/aromatic N) is 4. The van der Waals surface area contributed by atoms with Crippen LogP contribution in [-0.4, -0.2) is 31.8 Å². The number of benzene rings is 2. The van der Waals surface area contributed by atoms with E-state index in [1.54, 1.807) is 28.9 Å². The molecule has 31 heavy (non-hydrogen) atoms. The number of hydrogen-bond acceptors (Lipinski definition) is 4. The SMILES string of the molecule is O=C(NCCn1ncc2c(=O)n(Cc3cccc(Cl)c3)cnc21)c1cc(Cl)ccc1Cl. The van der Waals surface area contributed by atoms with Crippen molar-refractivity contribution < 1.29 is 4.79 Å². The number of aromatic nitrogens is 4. The molecule has 0 saturated heterocycles. The summed E-state index contributed by atoms with van der Waals surface area (Å²) in [5.41, 5.74) is 1.43. The fourth-order valence-electron chi connectivity index (χ4n) is 3.15. The van der Waals surface area contributed by atoms with Crippen LogP contribution < -0.4 is 10.9 Å². The Morgan fingerprint density at radius 1 is 1.06 bits per heavy atom. The van der Waals surface area contributed by atoms with Gasteiger partial charge < -0.3 is 5.32 Å². The number of rotatable bonds is 6. The minimum atomic E-state index is -0.346. The lowest BCUT2D eigenvalue weighted by Gasteiger charge is -2.09. The number of fused-ring (bicyclic) bond motifs is 1. The summed E-state index contributed by atoms with van der Waals surface area (Å²) >= 11 is 18.0. The minimum absolute atomic E-state index is 0.203. The van der Waals surface area contributed by atoms with Gasteiger partial charge in [-0.3, -0.25) is 14.2 Å². The zero-order valence-corrected chi connectivity index (χ0v) is 18.3. The van der Waals surface area contributed by atoms with Crippen molar-refractivity contribution in [2.24, 2.45) is 0 Å². The first-order valence-corrected chi connectivity index (χ1v) is 10.4. The van der Waals surface area contributed by atoms with Gasteiger partial charge in [-0.2, -0.15) is 5.10 Å². The van der Waals surface area contributed by atoms with Crippen LogP contribution in [0.25, 0.3) is 11.0 Å². The fourth-order valence-corrected chi connectivity index (χ4v) is 3.74. The molecule has 0 aliphatic rings. The third kappa shape index (κ3) is 4.74. The lowest BCUT2D eigenvalue weighted by Crippen LogP contribution is -2.28. The number of carbonyl (C=O) groups excluding carboxylic acids is 1. The highest BCUT2D eigenvalue weighted by Crippen LogP contribution is 2.20. The molecule has 1 N–H and O–H groups in total. The highest BCUT2D eigenvalue weighted by atomic mass is 35.5. The van der Waals surface area contributed by atoms with Gasteiger partial charge in [-0.1, -0.05) is 46.9 Å². The van der Waals surface area contributed by atoms with Gasteiger partial charge in [0.05, 0.1) is 29.9 Å². The molecule has 0 spiro atoms. The molecule has 0 aliphatic heterocycles. The molecular formula is C21H16Cl3N5O2. The van der Waals surface area contributed by atoms with Crippen molar-refractivity contribution >= 4 is 51.7 Å². The smallest absolute Gasteiger partial charge is 0.264 e. The average Bonchev–Trinajstić information content (AvgIpc) is 3.15. The maximum Gasteiger partial charge on any atom is 0.264 e. The predicted octanol–water partition coefficient (Wildman–Crippen LogP) is 4.03. The van der Waals surface area contributed by atoms with Crippen molar-refractivity contribution in [3.63, 3.8) is 0 Å². The number of nitrogens with one attached hydrogen (secondary N) is 1. The first-order chi connectivity index (χ1) is 14.9. The summed E-state index contributed by atoms with van der Waals surface area (Å²) in [6.07, 6.45) is 2.96. The summed E-state index contributed by atoms with van der Waals surface area (Å²) < 4.78 is 3.07. The van der Waals surface area contributed by atoms with Crippen LogP contribution in [0.3, 0.4) is 0 Å². The zero-order chi connectivity index (χ0) is 22.0. The van der Waals surface area contributed by atoms with Gasteiger partial charge in [0.1, 0.15) is 11.7 Å². The molecule has 0 unspecified atom stereocenters. The third-order valence-electron chi connectivity index (χ3n) is 4.65. The van der Waals surface area contributed by atoms with Crippen LogP contribution >= 0.6 is 34.8 Å². The van der Waals surface area contributed by atoms with Crippen LogP contribution in [0.15, 0.2) is 59.8 Å². The molecule has 4 aromatic rings. The Morgan fingerprint density at radius 3 is 2.68 bits per heavy atom. The molecule has 2 aromatic carbocycles. The van der Waals surface area contributed by atoms with E-state index in [9.17, 15) is 9.59 Å². The van der Waals surface area contributed by atoms with E-state index >= 15 is 0 Å². The molecule has 0 atom stereocenters. The van der Waals surface area contributed by atoms with Crippen LogP contribution in [0.4, 0.5) is 0 Å². The third-order valence-corrected chi connectivity index (χ3v) is 5.45. The van der Waals surface area contributed by atoms with Crippen LogP contribution in [0.5, 0.6) is 0 Å². The highest BCUT2D eigenvalue weighted by Gasteiger charge is 2.13. The number of carbonyl (C=O) groups is 1. The van der Waals surface area contributed by atoms with Crippen LogP contribution in [0.1, 0.15) is 15.9 Å². The Kier molecular flexibility index (Phi) is 6.27. The molecular weight excluding hydrogens is 461 g/mol. The van der Waals surface area contributed by atoms with Gasteiger partial charge in [0.25, 0.3) is 11.5 Å². The molecule has 7 nitrogen and oxygen atoms in total. The Bertz CT molecular complexity index is 1330. The molecule has 2 aromatic heterocycles. The van der Waals surface area contributed by atoms with E-state index in [2.05, 4.69) is 15.4 Å². The topological polar surface area (TPSA) is 81.8 Å². The Hall–Kier alpha value is -2.87. The van der Waals surface area contributed by atoms with E-state index in [0.717, 1.165) is 5.56 Å². The summed E-state index contributed by atoms with van der Waals surface area (Å²) in [5.74, 6) is -0.346. The molecule has 158 valence electrons. The Balaban J connectivity index is 1.47. The van der Waals surface area contributed by atoms with Crippen molar-refractivity contribution in [1.29, 1.82) is 0 Å². The van der Waals surface area contributed by atoms with E-state index in [-0.39, 0.29) is 18.0 Å². The summed E-state index contributed by atoms with van der Waals surface area (Å²) in [5, 5.41) is 8.75. The van der Waals surface area contributed by atoms with E-state index in [4.69, 9.17) is 34.8 Å². The molecule has 0 saturated carbocycles. The summed E-state index contributed by atoms with van der Waals surface area (Å²) in [6.45, 7) is 0.952. The summed E-state index contributed by atoms with van der Waals surface area (Å²) in [4.78, 5) is 29.5. The summed E-state index contributed by atoms with van der Waals surface area (Å²) in [7, 11) is 0. The maximum atomic E-state index is 12.8. The van der Waals surface area contributed by atoms with Crippen molar-refractivity contribution in [3.8, 4) is 0 Å². The zero-order valence-electron chi connectivity index (χ0n) is 16.1. The van der Waals surface area contributed by atoms with Crippen LogP contribution in [0, 0.1) is 0 Å². The van der Waals surface area contributed by atoms with Gasteiger partial charge in [0.15, 0.2) is 5.65 Å². The molecule has 0 radical (unpaired) electrons. The van der Waals surface area contributed by atoms with Gasteiger partial charge in [0, 0.05) is 16.6 Å². The molecule has 10 heteroatoms. The first kappa shape index (κ1) is 21.4. The second-order valence-corrected chi connectivity index (χ2v) is 8.07. The minimum Gasteiger partial charge on any atom is -0.350 e. The number of halogens is 3. The molecule has 0 fully saturated rings. The van der Waals surface area contributed by atoms with E-state index in [0.29, 0.717) is 44.8 Å². The van der Waals surface area contributed by atoms with Gasteiger partial charge in [-0.05, 0) is 35.9 Å². The first-order valence-electron chi connectivity index (χ1n) is 9.31. The Labute approximate surface area is 192 Å². The molecule has 0 bridgehead atoms. The second kappa shape index (κ2) is 9.09. The van der Waals surface area contributed by atoms with Crippen LogP contribution in [-0.2, 0) is 13.1 Å². The average molecular weight is 477 g/mol. The van der Waals surface area contributed by atoms with Crippen molar-refractivity contribution in [2.45, 2.75) is 13.1 Å². The Morgan fingerprint density at radius 2 is 1.87 bits per heavy atom. The lowest BCUT2D eigenvalue weighted by atomic mass is 10.2. The van der Waals surface area contributed by atoms with E-state index < -0.39 is 0 Å². The fraction of sp³-hybridized carbons (Fsp3) is 0.143. The molecule has 0 aliphatic carbocycles. The lowest BCUT2D eigenvalue weighted by molar-refractivity contribution is 0.0952. The summed E-state index contributed by atoms with van der Waals surface area (Å²) in [6, 6.07) is 12.0. The quantitative estimate of drug-likeness (QED) is 0.455. The molecule has 1 amide bonds. The van der Waals surface area contributed by atoms with Gasteiger partial charge in [0.2, 0.25) is 0 Å². The van der Waals surface area contributed by atoms with E-state index in [1.165, 1.54) is 23.2 Å². The standard InChI is InChI=1S/C21H16Cl3N5O2/c22-14-3-1-2-13(8-14)11-28-12-26-19-17(21(28)31)10-27-29(19)7-6-25-20(30)16-9-15(23)4-5-18(16)24/h1-5,8-10,12H,6-7,11H2,(H,25,30). The van der Waals surface area contributed by atoms with Crippen LogP contribution in [0.2, 0.25) is 15.1 Å². The monoisotopic (exact) mass is 475 g/mol. The number of amides is 1. The van der Waals surface area contributed by atoms with E-state index in [1.807, 2.05) is 12.1 Å². The van der Waals surface area contributed by atoms with Crippen molar-refractivity contribution in [1.82, 2.24) is 24.6 Å². The largest absolute Gasteiger partial charge is 0.350 e. The van der Waals surface area contributed by atoms with Crippen molar-refractivity contribution in [2.75, 3.05) is 6.54 Å². The van der Waals surface area contributed by atoms with Gasteiger partial charge >= 0.3 is 0 Å². The highest BCUT2D eigenvalue weighted by molar-refractivity contribution is 6.35. The van der Waals surface area contributed by atoms with Gasteiger partial charge in [-0.15, -0.1) is 0 Å².